The number of halogens is 3. The zero-order valence-electron chi connectivity index (χ0n) is 21.0. The van der Waals surface area contributed by atoms with Crippen molar-refractivity contribution < 1.29 is 32.9 Å². The summed E-state index contributed by atoms with van der Waals surface area (Å²) < 4.78 is 45.5. The summed E-state index contributed by atoms with van der Waals surface area (Å²) in [6.07, 6.45) is -1.16. The Morgan fingerprint density at radius 1 is 1.26 bits per heavy atom. The molecule has 1 saturated heterocycles. The molecule has 2 aromatic heterocycles. The molecule has 1 unspecified atom stereocenters. The van der Waals surface area contributed by atoms with Crippen LogP contribution in [-0.2, 0) is 6.18 Å². The van der Waals surface area contributed by atoms with E-state index in [1.54, 1.807) is 11.8 Å². The van der Waals surface area contributed by atoms with Gasteiger partial charge in [0.25, 0.3) is 0 Å². The van der Waals surface area contributed by atoms with Crippen molar-refractivity contribution in [1.82, 2.24) is 15.0 Å². The lowest BCUT2D eigenvalue weighted by Crippen LogP contribution is -2.56. The Balaban J connectivity index is 1.48. The molecule has 206 valence electrons. The summed E-state index contributed by atoms with van der Waals surface area (Å²) in [5.74, 6) is 0.707. The molecule has 10 nitrogen and oxygen atoms in total. The largest absolute Gasteiger partial charge is 0.489 e. The van der Waals surface area contributed by atoms with Gasteiger partial charge in [0, 0.05) is 24.7 Å². The van der Waals surface area contributed by atoms with Gasteiger partial charge in [0.05, 0.1) is 42.0 Å². The molecule has 39 heavy (non-hydrogen) atoms. The molecule has 3 aromatic rings. The third-order valence-electron chi connectivity index (χ3n) is 6.63. The molecule has 0 radical (unpaired) electrons. The minimum atomic E-state index is -4.52. The van der Waals surface area contributed by atoms with Crippen molar-refractivity contribution in [3.05, 3.63) is 54.0 Å². The van der Waals surface area contributed by atoms with Crippen LogP contribution in [0.25, 0.3) is 11.4 Å². The van der Waals surface area contributed by atoms with E-state index in [1.807, 2.05) is 0 Å². The highest BCUT2D eigenvalue weighted by atomic mass is 19.4. The lowest BCUT2D eigenvalue weighted by atomic mass is 9.99. The van der Waals surface area contributed by atoms with Gasteiger partial charge < -0.3 is 25.2 Å². The molecular weight excluding hydrogens is 517 g/mol. The van der Waals surface area contributed by atoms with Crippen LogP contribution in [0.5, 0.6) is 5.75 Å². The van der Waals surface area contributed by atoms with E-state index in [2.05, 4.69) is 25.2 Å². The Morgan fingerprint density at radius 3 is 2.85 bits per heavy atom. The van der Waals surface area contributed by atoms with Gasteiger partial charge in [-0.15, -0.1) is 0 Å². The van der Waals surface area contributed by atoms with Crippen molar-refractivity contribution in [2.75, 3.05) is 41.4 Å². The van der Waals surface area contributed by atoms with Crippen molar-refractivity contribution in [1.29, 1.82) is 0 Å². The first-order valence-electron chi connectivity index (χ1n) is 12.4. The van der Waals surface area contributed by atoms with Crippen LogP contribution in [0.1, 0.15) is 24.1 Å². The zero-order valence-corrected chi connectivity index (χ0v) is 21.0. The number of anilines is 3. The standard InChI is InChI=1S/C26H27F3N6O4/c1-15-22-24(33-23(31-15)16-4-2-5-17(8-16)26(27,28)29)35(19-6-3-7-34(22)12-19)25(38)32-18-9-21(11-30-10-18)39-14-20(37)13-36/h2,4-5,8-11,19-20,36-37H,3,6-7,12-14H2,1H3,(H,32,38)/t19?,20-/m0/s1. The number of rotatable bonds is 6. The number of carbonyl (C=O) groups excluding carboxylic acids is 1. The van der Waals surface area contributed by atoms with Crippen molar-refractivity contribution in [2.45, 2.75) is 38.1 Å². The highest BCUT2D eigenvalue weighted by Gasteiger charge is 2.40. The molecule has 5 rings (SSSR count). The molecule has 2 aliphatic rings. The van der Waals surface area contributed by atoms with Crippen molar-refractivity contribution >= 4 is 23.2 Å². The summed E-state index contributed by atoms with van der Waals surface area (Å²) in [6, 6.07) is 5.65. The maximum atomic E-state index is 13.6. The highest BCUT2D eigenvalue weighted by molar-refractivity contribution is 6.04. The van der Waals surface area contributed by atoms with Gasteiger partial charge in [0.15, 0.2) is 11.6 Å². The molecular formula is C26H27F3N6O4. The first kappa shape index (κ1) is 26.6. The number of fused-ring (bicyclic) bond motifs is 4. The fourth-order valence-corrected chi connectivity index (χ4v) is 4.85. The van der Waals surface area contributed by atoms with Crippen LogP contribution in [0.4, 0.5) is 35.2 Å². The zero-order chi connectivity index (χ0) is 27.7. The molecule has 13 heteroatoms. The second-order valence-corrected chi connectivity index (χ2v) is 9.48. The van der Waals surface area contributed by atoms with Crippen LogP contribution in [0, 0.1) is 6.92 Å². The summed E-state index contributed by atoms with van der Waals surface area (Å²) in [5.41, 5.74) is 0.950. The second kappa shape index (κ2) is 10.7. The van der Waals surface area contributed by atoms with Gasteiger partial charge in [-0.3, -0.25) is 9.88 Å². The van der Waals surface area contributed by atoms with E-state index < -0.39 is 30.5 Å². The van der Waals surface area contributed by atoms with Gasteiger partial charge in [-0.25, -0.2) is 14.8 Å². The number of alkyl halides is 3. The van der Waals surface area contributed by atoms with Crippen LogP contribution in [-0.4, -0.2) is 69.6 Å². The number of nitrogens with one attached hydrogen (secondary N) is 1. The molecule has 1 fully saturated rings. The number of carbonyl (C=O) groups is 1. The van der Waals surface area contributed by atoms with Gasteiger partial charge in [0.2, 0.25) is 0 Å². The quantitative estimate of drug-likeness (QED) is 0.430. The maximum absolute atomic E-state index is 13.6. The summed E-state index contributed by atoms with van der Waals surface area (Å²) in [4.78, 5) is 30.5. The molecule has 2 amide bonds. The number of piperidine rings is 1. The first-order valence-corrected chi connectivity index (χ1v) is 12.4. The number of aryl methyl sites for hydroxylation is 1. The van der Waals surface area contributed by atoms with Gasteiger partial charge in [-0.2, -0.15) is 13.2 Å². The number of ether oxygens (including phenoxy) is 1. The number of aromatic nitrogens is 3. The lowest BCUT2D eigenvalue weighted by molar-refractivity contribution is -0.137. The van der Waals surface area contributed by atoms with E-state index in [-0.39, 0.29) is 29.8 Å². The smallest absolute Gasteiger partial charge is 0.416 e. The van der Waals surface area contributed by atoms with E-state index in [4.69, 9.17) is 9.84 Å². The molecule has 0 spiro atoms. The number of urea groups is 1. The molecule has 2 bridgehead atoms. The Morgan fingerprint density at radius 2 is 2.08 bits per heavy atom. The van der Waals surface area contributed by atoms with E-state index in [0.29, 0.717) is 29.4 Å². The fourth-order valence-electron chi connectivity index (χ4n) is 4.85. The number of pyridine rings is 1. The third-order valence-corrected chi connectivity index (χ3v) is 6.63. The van der Waals surface area contributed by atoms with E-state index >= 15 is 0 Å². The molecule has 2 atom stereocenters. The minimum absolute atomic E-state index is 0.0934. The number of hydrogen-bond acceptors (Lipinski definition) is 8. The van der Waals surface area contributed by atoms with Crippen LogP contribution >= 0.6 is 0 Å². The topological polar surface area (TPSA) is 124 Å². The van der Waals surface area contributed by atoms with Crippen molar-refractivity contribution in [3.63, 3.8) is 0 Å². The maximum Gasteiger partial charge on any atom is 0.416 e. The van der Waals surface area contributed by atoms with Crippen LogP contribution in [0.3, 0.4) is 0 Å². The monoisotopic (exact) mass is 544 g/mol. The number of hydrogen-bond donors (Lipinski definition) is 3. The Hall–Kier alpha value is -3.97. The van der Waals surface area contributed by atoms with Gasteiger partial charge in [-0.05, 0) is 31.9 Å². The fraction of sp³-hybridized carbons (Fsp3) is 0.385. The normalized spacial score (nSPS) is 17.4. The van der Waals surface area contributed by atoms with Crippen LogP contribution in [0.15, 0.2) is 42.7 Å². The van der Waals surface area contributed by atoms with Crippen molar-refractivity contribution in [2.24, 2.45) is 0 Å². The number of nitrogens with zero attached hydrogens (tertiary/aromatic N) is 5. The first-order chi connectivity index (χ1) is 18.6. The van der Waals surface area contributed by atoms with Crippen LogP contribution < -0.4 is 19.9 Å². The average Bonchev–Trinajstić information content (AvgIpc) is 2.91. The van der Waals surface area contributed by atoms with Gasteiger partial charge in [-0.1, -0.05) is 12.1 Å². The number of benzene rings is 1. The van der Waals surface area contributed by atoms with E-state index in [9.17, 15) is 23.1 Å². The molecule has 0 saturated carbocycles. The summed E-state index contributed by atoms with van der Waals surface area (Å²) in [6.45, 7) is 2.49. The highest BCUT2D eigenvalue weighted by Crippen LogP contribution is 2.41. The molecule has 3 N–H and O–H groups in total. The lowest BCUT2D eigenvalue weighted by Gasteiger charge is -2.46. The number of amides is 2. The number of aliphatic hydroxyl groups excluding tert-OH is 2. The van der Waals surface area contributed by atoms with Crippen molar-refractivity contribution in [3.8, 4) is 17.1 Å². The Bertz CT molecular complexity index is 1370. The van der Waals surface area contributed by atoms with E-state index in [0.717, 1.165) is 31.5 Å². The number of aliphatic hydroxyl groups is 2. The van der Waals surface area contributed by atoms with Gasteiger partial charge in [0.1, 0.15) is 24.1 Å². The Kier molecular flexibility index (Phi) is 7.28. The summed E-state index contributed by atoms with van der Waals surface area (Å²) >= 11 is 0. The van der Waals surface area contributed by atoms with Gasteiger partial charge >= 0.3 is 12.2 Å². The SMILES string of the molecule is Cc1nc(-c2cccc(C(F)(F)F)c2)nc2c1N1CCCC(C1)N2C(=O)Nc1cncc(OC[C@@H](O)CO)c1. The van der Waals surface area contributed by atoms with E-state index in [1.165, 1.54) is 30.6 Å². The second-order valence-electron chi connectivity index (χ2n) is 9.48. The predicted octanol–water partition coefficient (Wildman–Crippen LogP) is 3.62. The van der Waals surface area contributed by atoms with Crippen LogP contribution in [0.2, 0.25) is 0 Å². The molecule has 2 aliphatic heterocycles. The molecule has 4 heterocycles. The minimum Gasteiger partial charge on any atom is -0.489 e. The summed E-state index contributed by atoms with van der Waals surface area (Å²) in [5, 5.41) is 21.3. The molecule has 0 aliphatic carbocycles. The molecule has 1 aromatic carbocycles. The predicted molar refractivity (Wildman–Crippen MR) is 137 cm³/mol. The summed E-state index contributed by atoms with van der Waals surface area (Å²) in [7, 11) is 0. The average molecular weight is 545 g/mol. The third kappa shape index (κ3) is 5.59. The Labute approximate surface area is 222 Å².